The van der Waals surface area contributed by atoms with Crippen molar-refractivity contribution in [1.29, 1.82) is 0 Å². The number of nitrogens with one attached hydrogen (secondary N) is 4. The molecule has 0 aliphatic carbocycles. The fourth-order valence-electron chi connectivity index (χ4n) is 0.398. The van der Waals surface area contributed by atoms with Crippen LogP contribution in [0.1, 0.15) is 0 Å². The molecule has 0 spiro atoms. The van der Waals surface area contributed by atoms with Crippen LogP contribution in [0.4, 0.5) is 9.59 Å². The molecule has 0 rings (SSSR count). The van der Waals surface area contributed by atoms with Gasteiger partial charge >= 0.3 is 12.2 Å². The number of amides is 2. The van der Waals surface area contributed by atoms with Crippen LogP contribution in [0.3, 0.4) is 0 Å². The number of carbonyl (C=O) groups is 2. The number of hydrazine groups is 3. The fourth-order valence-corrected chi connectivity index (χ4v) is 0.665. The van der Waals surface area contributed by atoms with Crippen molar-refractivity contribution in [2.24, 2.45) is 11.5 Å². The number of hydrogen-bond acceptors (Lipinski definition) is 8. The van der Waals surface area contributed by atoms with Crippen LogP contribution < -0.4 is 33.4 Å². The van der Waals surface area contributed by atoms with Crippen LogP contribution in [0.2, 0.25) is 0 Å². The van der Waals surface area contributed by atoms with Gasteiger partial charge in [-0.15, -0.1) is 0 Å². The summed E-state index contributed by atoms with van der Waals surface area (Å²) >= 11 is 8.95. The third-order valence-electron chi connectivity index (χ3n) is 0.778. The van der Waals surface area contributed by atoms with E-state index in [-0.39, 0.29) is 10.3 Å². The standard InChI is InChI=1S/C4H8N6O4S2/c5-1(11)13-3(15)7-9-10-8-4(16)14-2(6)12/h9-10H,(H2,5,11)(H2,6,12)(H,7,15)(H,8,16). The Morgan fingerprint density at radius 2 is 1.19 bits per heavy atom. The van der Waals surface area contributed by atoms with Crippen molar-refractivity contribution >= 4 is 47.0 Å². The molecule has 12 heteroatoms. The SMILES string of the molecule is NC(=O)OC(=S)NNNNC(=S)OC(N)=O. The van der Waals surface area contributed by atoms with Crippen LogP contribution in [-0.2, 0) is 9.47 Å². The van der Waals surface area contributed by atoms with E-state index >= 15 is 0 Å². The molecule has 8 N–H and O–H groups in total. The molecule has 90 valence electrons. The zero-order chi connectivity index (χ0) is 12.6. The van der Waals surface area contributed by atoms with Gasteiger partial charge in [0.2, 0.25) is 0 Å². The summed E-state index contributed by atoms with van der Waals surface area (Å²) in [6.45, 7) is 0. The maximum Gasteiger partial charge on any atom is 0.411 e. The Hall–Kier alpha value is -1.76. The van der Waals surface area contributed by atoms with E-state index in [1.165, 1.54) is 0 Å². The van der Waals surface area contributed by atoms with Gasteiger partial charge in [0.25, 0.3) is 10.3 Å². The third-order valence-corrected chi connectivity index (χ3v) is 1.15. The smallest absolute Gasteiger partial charge is 0.382 e. The molecule has 0 saturated heterocycles. The van der Waals surface area contributed by atoms with Gasteiger partial charge in [-0.05, 0) is 24.4 Å². The maximum atomic E-state index is 10.2. The Morgan fingerprint density at radius 3 is 1.44 bits per heavy atom. The molecule has 0 atom stereocenters. The highest BCUT2D eigenvalue weighted by atomic mass is 32.1. The highest BCUT2D eigenvalue weighted by Gasteiger charge is 2.01. The number of carbonyl (C=O) groups excluding carboxylic acids is 2. The van der Waals surface area contributed by atoms with Crippen molar-refractivity contribution in [2.75, 3.05) is 0 Å². The Kier molecular flexibility index (Phi) is 6.69. The Morgan fingerprint density at radius 1 is 0.875 bits per heavy atom. The average molecular weight is 268 g/mol. The zero-order valence-electron chi connectivity index (χ0n) is 7.60. The second-order valence-corrected chi connectivity index (χ2v) is 2.66. The predicted molar refractivity (Wildman–Crippen MR) is 59.1 cm³/mol. The lowest BCUT2D eigenvalue weighted by Crippen LogP contribution is -2.55. The number of rotatable bonds is 3. The van der Waals surface area contributed by atoms with Gasteiger partial charge in [-0.2, -0.15) is 11.1 Å². The molecular weight excluding hydrogens is 260 g/mol. The van der Waals surface area contributed by atoms with E-state index < -0.39 is 12.2 Å². The largest absolute Gasteiger partial charge is 0.411 e. The molecule has 0 fully saturated rings. The molecule has 16 heavy (non-hydrogen) atoms. The van der Waals surface area contributed by atoms with Crippen LogP contribution in [0.5, 0.6) is 0 Å². The molecule has 0 aromatic carbocycles. The van der Waals surface area contributed by atoms with Crippen molar-refractivity contribution in [3.63, 3.8) is 0 Å². The summed E-state index contributed by atoms with van der Waals surface area (Å²) in [4.78, 5) is 20.4. The van der Waals surface area contributed by atoms with Crippen molar-refractivity contribution in [2.45, 2.75) is 0 Å². The molecule has 2 amide bonds. The van der Waals surface area contributed by atoms with E-state index in [1.807, 2.05) is 0 Å². The topological polar surface area (TPSA) is 153 Å². The number of thiocarbonyl (C=S) groups is 2. The van der Waals surface area contributed by atoms with Crippen LogP contribution in [0.25, 0.3) is 0 Å². The molecule has 0 aromatic rings. The molecule has 0 aromatic heterocycles. The lowest BCUT2D eigenvalue weighted by Gasteiger charge is -2.10. The summed E-state index contributed by atoms with van der Waals surface area (Å²) in [6.07, 6.45) is -2.14. The maximum absolute atomic E-state index is 10.2. The van der Waals surface area contributed by atoms with E-state index in [0.717, 1.165) is 0 Å². The minimum atomic E-state index is -1.07. The first kappa shape index (κ1) is 14.2. The molecule has 0 unspecified atom stereocenters. The van der Waals surface area contributed by atoms with Gasteiger partial charge in [0.05, 0.1) is 0 Å². The molecule has 0 heterocycles. The first-order valence-corrected chi connectivity index (χ1v) is 4.28. The lowest BCUT2D eigenvalue weighted by atomic mass is 11.1. The molecule has 0 bridgehead atoms. The number of hydrogen-bond donors (Lipinski definition) is 6. The summed E-state index contributed by atoms with van der Waals surface area (Å²) in [5, 5.41) is -0.660. The van der Waals surface area contributed by atoms with Crippen molar-refractivity contribution < 1.29 is 19.1 Å². The van der Waals surface area contributed by atoms with Crippen molar-refractivity contribution in [3.05, 3.63) is 0 Å². The van der Waals surface area contributed by atoms with Crippen LogP contribution in [0, 0.1) is 0 Å². The average Bonchev–Trinajstić information content (AvgIpc) is 2.10. The van der Waals surface area contributed by atoms with Gasteiger partial charge in [0.15, 0.2) is 0 Å². The van der Waals surface area contributed by atoms with Crippen molar-refractivity contribution in [1.82, 2.24) is 21.9 Å². The summed E-state index contributed by atoms with van der Waals surface area (Å²) in [7, 11) is 0. The molecule has 0 aliphatic rings. The minimum Gasteiger partial charge on any atom is -0.382 e. The third kappa shape index (κ3) is 8.82. The van der Waals surface area contributed by atoms with E-state index in [0.29, 0.717) is 0 Å². The van der Waals surface area contributed by atoms with E-state index in [2.05, 4.69) is 67.3 Å². The number of nitrogens with two attached hydrogens (primary N) is 2. The summed E-state index contributed by atoms with van der Waals surface area (Å²) < 4.78 is 8.43. The van der Waals surface area contributed by atoms with Gasteiger partial charge < -0.3 is 20.9 Å². The molecular formula is C4H8N6O4S2. The summed E-state index contributed by atoms with van der Waals surface area (Å²) in [5.74, 6) is 0. The molecule has 10 nitrogen and oxygen atoms in total. The predicted octanol–water partition coefficient (Wildman–Crippen LogP) is -2.15. The Bertz CT molecular complexity index is 279. The summed E-state index contributed by atoms with van der Waals surface area (Å²) in [5.41, 5.74) is 18.0. The number of primary amides is 2. The van der Waals surface area contributed by atoms with Gasteiger partial charge in [-0.25, -0.2) is 9.59 Å². The van der Waals surface area contributed by atoms with Gasteiger partial charge in [-0.1, -0.05) is 0 Å². The Labute approximate surface area is 99.9 Å². The highest BCUT2D eigenvalue weighted by Crippen LogP contribution is 1.75. The molecule has 0 aliphatic heterocycles. The highest BCUT2D eigenvalue weighted by molar-refractivity contribution is 7.80. The van der Waals surface area contributed by atoms with Crippen LogP contribution in [0.15, 0.2) is 0 Å². The summed E-state index contributed by atoms with van der Waals surface area (Å²) in [6, 6.07) is 0. The normalized spacial score (nSPS) is 8.75. The van der Waals surface area contributed by atoms with E-state index in [9.17, 15) is 9.59 Å². The van der Waals surface area contributed by atoms with Gasteiger partial charge in [-0.3, -0.25) is 10.9 Å². The minimum absolute atomic E-state index is 0.330. The quantitative estimate of drug-likeness (QED) is 0.190. The van der Waals surface area contributed by atoms with E-state index in [1.54, 1.807) is 0 Å². The fraction of sp³-hybridized carbons (Fsp3) is 0. The van der Waals surface area contributed by atoms with E-state index in [4.69, 9.17) is 0 Å². The number of ether oxygens (including phenoxy) is 2. The van der Waals surface area contributed by atoms with Crippen LogP contribution in [-0.4, -0.2) is 22.5 Å². The Balaban J connectivity index is 3.53. The lowest BCUT2D eigenvalue weighted by molar-refractivity contribution is 0.202. The van der Waals surface area contributed by atoms with Gasteiger partial charge in [0.1, 0.15) is 0 Å². The second kappa shape index (κ2) is 7.52. The monoisotopic (exact) mass is 268 g/mol. The second-order valence-electron chi connectivity index (χ2n) is 1.92. The first-order valence-electron chi connectivity index (χ1n) is 3.46. The zero-order valence-corrected chi connectivity index (χ0v) is 9.24. The molecule has 0 saturated carbocycles. The van der Waals surface area contributed by atoms with Crippen LogP contribution >= 0.6 is 24.4 Å². The van der Waals surface area contributed by atoms with Crippen molar-refractivity contribution in [3.8, 4) is 0 Å². The molecule has 0 radical (unpaired) electrons. The first-order chi connectivity index (χ1) is 7.41. The van der Waals surface area contributed by atoms with Gasteiger partial charge in [0, 0.05) is 0 Å².